The van der Waals surface area contributed by atoms with Gasteiger partial charge in [-0.25, -0.2) is 13.4 Å². The Morgan fingerprint density at radius 1 is 1.02 bits per heavy atom. The van der Waals surface area contributed by atoms with E-state index in [-0.39, 0.29) is 29.2 Å². The highest BCUT2D eigenvalue weighted by Gasteiger charge is 2.38. The summed E-state index contributed by atoms with van der Waals surface area (Å²) < 4.78 is 114. The number of fused-ring (bicyclic) bond motifs is 1. The molecule has 2 N–H and O–H groups in total. The molecule has 0 unspecified atom stereocenters. The second-order valence-corrected chi connectivity index (χ2v) is 12.0. The van der Waals surface area contributed by atoms with E-state index in [4.69, 9.17) is 4.74 Å². The summed E-state index contributed by atoms with van der Waals surface area (Å²) in [4.78, 5) is 15.4. The van der Waals surface area contributed by atoms with Gasteiger partial charge in [0.1, 0.15) is 17.5 Å². The van der Waals surface area contributed by atoms with Crippen LogP contribution in [0.4, 0.5) is 32.0 Å². The van der Waals surface area contributed by atoms with Crippen LogP contribution in [0.5, 0.6) is 5.75 Å². The fourth-order valence-electron chi connectivity index (χ4n) is 4.04. The number of amides is 1. The number of hydrogen-bond acceptors (Lipinski definition) is 6. The number of nitrogens with zero attached hydrogens (tertiary/aromatic N) is 2. The molecule has 1 amide bonds. The number of benzene rings is 2. The summed E-state index contributed by atoms with van der Waals surface area (Å²) in [6, 6.07) is 10.2. The monoisotopic (exact) mass is 617 g/mol. The number of halogens is 6. The summed E-state index contributed by atoms with van der Waals surface area (Å²) in [7, 11) is -4.69. The zero-order valence-corrected chi connectivity index (χ0v) is 22.9. The van der Waals surface area contributed by atoms with Gasteiger partial charge in [-0.05, 0) is 62.4 Å². The number of aliphatic hydroxyl groups excluding tert-OH is 1. The van der Waals surface area contributed by atoms with Crippen molar-refractivity contribution in [2.75, 3.05) is 24.0 Å². The van der Waals surface area contributed by atoms with E-state index in [0.29, 0.717) is 12.1 Å². The molecule has 1 aliphatic rings. The second kappa shape index (κ2) is 11.1. The highest BCUT2D eigenvalue weighted by molar-refractivity contribution is 7.92. The number of aliphatic hydroxyl groups is 1. The van der Waals surface area contributed by atoms with Crippen molar-refractivity contribution in [2.24, 2.45) is 5.41 Å². The lowest BCUT2D eigenvalue weighted by atomic mass is 9.94. The van der Waals surface area contributed by atoms with Gasteiger partial charge >= 0.3 is 12.4 Å². The quantitative estimate of drug-likeness (QED) is 0.366. The van der Waals surface area contributed by atoms with Gasteiger partial charge in [-0.1, -0.05) is 12.1 Å². The molecule has 1 aliphatic heterocycles. The number of anilines is 1. The first-order valence-electron chi connectivity index (χ1n) is 12.4. The fourth-order valence-corrected chi connectivity index (χ4v) is 5.58. The molecule has 4 rings (SSSR count). The Morgan fingerprint density at radius 3 is 2.36 bits per heavy atom. The zero-order valence-electron chi connectivity index (χ0n) is 22.1. The first kappa shape index (κ1) is 31.1. The molecule has 1 aromatic heterocycles. The maximum atomic E-state index is 13.8. The number of aromatic nitrogens is 1. The average molecular weight is 618 g/mol. The minimum atomic E-state index is -4.83. The van der Waals surface area contributed by atoms with E-state index >= 15 is 0 Å². The number of pyridine rings is 1. The van der Waals surface area contributed by atoms with Crippen molar-refractivity contribution >= 4 is 21.6 Å². The summed E-state index contributed by atoms with van der Waals surface area (Å²) in [5.41, 5.74) is -3.74. The van der Waals surface area contributed by atoms with Gasteiger partial charge in [-0.15, -0.1) is 0 Å². The standard InChI is InChI=1S/C27H25F6N3O5S/c1-25(2,15-37)24(38)34-13-18-14-36(42(39,40)19-6-3-5-17(12-19)26(28,29)30)21-11-16(9-10-22(21)41-18)20-7-4-8-23(35-20)27(31,32)33/h3-12,18,37H,13-15H2,1-2H3,(H,34,38)/t18-/m0/s1. The molecule has 0 bridgehead atoms. The van der Waals surface area contributed by atoms with Gasteiger partial charge < -0.3 is 15.2 Å². The Bertz CT molecular complexity index is 1590. The van der Waals surface area contributed by atoms with Crippen molar-refractivity contribution in [3.8, 4) is 17.0 Å². The molecule has 2 aromatic carbocycles. The van der Waals surface area contributed by atoms with Crippen molar-refractivity contribution < 1.29 is 49.4 Å². The van der Waals surface area contributed by atoms with E-state index < -0.39 is 69.1 Å². The number of nitrogens with one attached hydrogen (secondary N) is 1. The van der Waals surface area contributed by atoms with Crippen LogP contribution < -0.4 is 14.4 Å². The molecule has 42 heavy (non-hydrogen) atoms. The molecule has 0 fully saturated rings. The first-order valence-corrected chi connectivity index (χ1v) is 13.8. The summed E-state index contributed by atoms with van der Waals surface area (Å²) in [6.45, 7) is 1.79. The number of alkyl halides is 6. The van der Waals surface area contributed by atoms with Crippen LogP contribution in [-0.4, -0.2) is 50.2 Å². The lowest BCUT2D eigenvalue weighted by Crippen LogP contribution is -2.50. The third-order valence-electron chi connectivity index (χ3n) is 6.48. The van der Waals surface area contributed by atoms with Gasteiger partial charge in [0.25, 0.3) is 10.0 Å². The van der Waals surface area contributed by atoms with Gasteiger partial charge in [-0.2, -0.15) is 26.3 Å². The molecule has 8 nitrogen and oxygen atoms in total. The third-order valence-corrected chi connectivity index (χ3v) is 8.25. The van der Waals surface area contributed by atoms with Crippen LogP contribution in [0.25, 0.3) is 11.3 Å². The SMILES string of the molecule is CC(C)(CO)C(=O)NC[C@H]1CN(S(=O)(=O)c2cccc(C(F)(F)F)c2)c2cc(-c3cccc(C(F)(F)F)n3)ccc2O1. The van der Waals surface area contributed by atoms with Gasteiger partial charge in [0.2, 0.25) is 5.91 Å². The van der Waals surface area contributed by atoms with Crippen LogP contribution in [-0.2, 0) is 27.2 Å². The van der Waals surface area contributed by atoms with Crippen LogP contribution in [0.1, 0.15) is 25.1 Å². The molecule has 226 valence electrons. The largest absolute Gasteiger partial charge is 0.484 e. The molecule has 1 atom stereocenters. The van der Waals surface area contributed by atoms with Crippen molar-refractivity contribution in [1.82, 2.24) is 10.3 Å². The number of rotatable bonds is 7. The predicted molar refractivity (Wildman–Crippen MR) is 139 cm³/mol. The zero-order chi connectivity index (χ0) is 31.1. The normalized spacial score (nSPS) is 16.0. The Morgan fingerprint density at radius 2 is 1.71 bits per heavy atom. The Labute approximate surface area is 237 Å². The summed E-state index contributed by atoms with van der Waals surface area (Å²) in [6.07, 6.45) is -10.6. The maximum absolute atomic E-state index is 13.8. The summed E-state index contributed by atoms with van der Waals surface area (Å²) >= 11 is 0. The van der Waals surface area contributed by atoms with Gasteiger partial charge in [-0.3, -0.25) is 9.10 Å². The number of ether oxygens (including phenoxy) is 1. The maximum Gasteiger partial charge on any atom is 0.433 e. The topological polar surface area (TPSA) is 109 Å². The third kappa shape index (κ3) is 6.46. The van der Waals surface area contributed by atoms with Gasteiger partial charge in [0.05, 0.1) is 47.0 Å². The van der Waals surface area contributed by atoms with E-state index in [1.807, 2.05) is 0 Å². The number of carbonyl (C=O) groups excluding carboxylic acids is 1. The van der Waals surface area contributed by atoms with Gasteiger partial charge in [0.15, 0.2) is 0 Å². The highest BCUT2D eigenvalue weighted by Crippen LogP contribution is 2.41. The Kier molecular flexibility index (Phi) is 8.21. The summed E-state index contributed by atoms with van der Waals surface area (Å²) in [5.74, 6) is -0.606. The minimum absolute atomic E-state index is 0.0480. The second-order valence-electron chi connectivity index (χ2n) is 10.1. The predicted octanol–water partition coefficient (Wildman–Crippen LogP) is 4.88. The number of hydrogen-bond donors (Lipinski definition) is 2. The molecular weight excluding hydrogens is 592 g/mol. The van der Waals surface area contributed by atoms with E-state index in [1.54, 1.807) is 0 Å². The van der Waals surface area contributed by atoms with Gasteiger partial charge in [0, 0.05) is 5.56 Å². The molecular formula is C27H25F6N3O5S. The van der Waals surface area contributed by atoms with Crippen LogP contribution in [0, 0.1) is 5.41 Å². The molecule has 0 saturated heterocycles. The highest BCUT2D eigenvalue weighted by atomic mass is 32.2. The molecule has 0 spiro atoms. The number of carbonyl (C=O) groups is 1. The lowest BCUT2D eigenvalue weighted by molar-refractivity contribution is -0.141. The van der Waals surface area contributed by atoms with Crippen molar-refractivity contribution in [3.05, 3.63) is 71.9 Å². The average Bonchev–Trinajstić information content (AvgIpc) is 2.94. The van der Waals surface area contributed by atoms with E-state index in [9.17, 15) is 44.7 Å². The molecule has 15 heteroatoms. The van der Waals surface area contributed by atoms with Crippen molar-refractivity contribution in [1.29, 1.82) is 0 Å². The fraction of sp³-hybridized carbons (Fsp3) is 0.333. The molecule has 0 saturated carbocycles. The molecule has 3 aromatic rings. The van der Waals surface area contributed by atoms with Crippen molar-refractivity contribution in [3.63, 3.8) is 0 Å². The van der Waals surface area contributed by atoms with Crippen LogP contribution in [0.2, 0.25) is 0 Å². The minimum Gasteiger partial charge on any atom is -0.484 e. The number of sulfonamides is 1. The van der Waals surface area contributed by atoms with Crippen LogP contribution >= 0.6 is 0 Å². The van der Waals surface area contributed by atoms with Crippen molar-refractivity contribution in [2.45, 2.75) is 37.2 Å². The summed E-state index contributed by atoms with van der Waals surface area (Å²) in [5, 5.41) is 12.0. The molecule has 0 aliphatic carbocycles. The Balaban J connectivity index is 1.78. The van der Waals surface area contributed by atoms with Crippen LogP contribution in [0.15, 0.2) is 65.6 Å². The smallest absolute Gasteiger partial charge is 0.433 e. The Hall–Kier alpha value is -3.85. The van der Waals surface area contributed by atoms with E-state index in [0.717, 1.165) is 28.6 Å². The van der Waals surface area contributed by atoms with Crippen LogP contribution in [0.3, 0.4) is 0 Å². The first-order chi connectivity index (χ1) is 19.4. The molecule has 0 radical (unpaired) electrons. The molecule has 2 heterocycles. The van der Waals surface area contributed by atoms with E-state index in [2.05, 4.69) is 10.3 Å². The van der Waals surface area contributed by atoms with E-state index in [1.165, 1.54) is 38.1 Å². The lowest BCUT2D eigenvalue weighted by Gasteiger charge is -2.36.